The maximum absolute atomic E-state index is 13.6. The number of aliphatic imine (C=N–C) groups is 1. The van der Waals surface area contributed by atoms with E-state index in [0.29, 0.717) is 38.9 Å². The zero-order valence-electron chi connectivity index (χ0n) is 20.1. The Balaban J connectivity index is 1.60. The quantitative estimate of drug-likeness (QED) is 0.137. The normalized spacial score (nSPS) is 11.1. The van der Waals surface area contributed by atoms with E-state index in [0.717, 1.165) is 5.56 Å². The molecule has 0 spiro atoms. The third kappa shape index (κ3) is 6.75. The Morgan fingerprint density at radius 2 is 1.89 bits per heavy atom. The van der Waals surface area contributed by atoms with Gasteiger partial charge in [-0.05, 0) is 42.0 Å². The molecule has 0 saturated heterocycles. The summed E-state index contributed by atoms with van der Waals surface area (Å²) in [7, 11) is 0. The van der Waals surface area contributed by atoms with E-state index in [2.05, 4.69) is 20.3 Å². The molecule has 0 fully saturated rings. The molecular weight excluding hydrogens is 509 g/mol. The molecule has 2 amide bonds. The molecule has 4 aromatic rings. The molecule has 7 N–H and O–H groups in total. The third-order valence-corrected chi connectivity index (χ3v) is 6.12. The number of ether oxygens (including phenoxy) is 1. The lowest BCUT2D eigenvalue weighted by Crippen LogP contribution is -2.19. The molecule has 4 rings (SSSR count). The van der Waals surface area contributed by atoms with Crippen molar-refractivity contribution in [2.45, 2.75) is 0 Å². The molecule has 38 heavy (non-hydrogen) atoms. The van der Waals surface area contributed by atoms with Crippen LogP contribution >= 0.6 is 11.3 Å². The molecule has 194 valence electrons. The van der Waals surface area contributed by atoms with Crippen LogP contribution in [0.1, 0.15) is 16.1 Å². The monoisotopic (exact) mass is 533 g/mol. The lowest BCUT2D eigenvalue weighted by atomic mass is 10.00. The fourth-order valence-corrected chi connectivity index (χ4v) is 4.25. The lowest BCUT2D eigenvalue weighted by molar-refractivity contribution is -0.122. The van der Waals surface area contributed by atoms with E-state index in [1.807, 2.05) is 0 Å². The predicted molar refractivity (Wildman–Crippen MR) is 146 cm³/mol. The maximum Gasteiger partial charge on any atom is 0.275 e. The molecule has 10 nitrogen and oxygen atoms in total. The van der Waals surface area contributed by atoms with Gasteiger partial charge in [0, 0.05) is 45.9 Å². The molecule has 2 heterocycles. The highest BCUT2D eigenvalue weighted by molar-refractivity contribution is 7.13. The van der Waals surface area contributed by atoms with Crippen molar-refractivity contribution in [3.8, 4) is 21.7 Å². The second-order valence-electron chi connectivity index (χ2n) is 8.05. The molecule has 0 aliphatic heterocycles. The third-order valence-electron chi connectivity index (χ3n) is 5.23. The summed E-state index contributed by atoms with van der Waals surface area (Å²) in [5.74, 6) is -1.04. The van der Waals surface area contributed by atoms with E-state index >= 15 is 0 Å². The van der Waals surface area contributed by atoms with Gasteiger partial charge in [0.1, 0.15) is 28.9 Å². The van der Waals surface area contributed by atoms with E-state index in [9.17, 15) is 14.0 Å². The number of hydrogen-bond acceptors (Lipinski definition) is 9. The Morgan fingerprint density at radius 1 is 1.11 bits per heavy atom. The molecule has 0 radical (unpaired) electrons. The van der Waals surface area contributed by atoms with Gasteiger partial charge in [0.15, 0.2) is 0 Å². The molecule has 0 bridgehead atoms. The number of anilines is 3. The van der Waals surface area contributed by atoms with Crippen LogP contribution in [0.5, 0.6) is 0 Å². The van der Waals surface area contributed by atoms with Crippen LogP contribution in [0.25, 0.3) is 21.7 Å². The van der Waals surface area contributed by atoms with E-state index < -0.39 is 11.8 Å². The van der Waals surface area contributed by atoms with Gasteiger partial charge in [-0.2, -0.15) is 0 Å². The number of carbonyl (C=O) groups excluding carboxylic acids is 2. The summed E-state index contributed by atoms with van der Waals surface area (Å²) in [5, 5.41) is 5.15. The minimum Gasteiger partial charge on any atom is -0.398 e. The van der Waals surface area contributed by atoms with Crippen molar-refractivity contribution < 1.29 is 18.7 Å². The first-order chi connectivity index (χ1) is 18.3. The number of nitrogen functional groups attached to an aromatic ring is 2. The first-order valence-electron chi connectivity index (χ1n) is 11.3. The second-order valence-corrected chi connectivity index (χ2v) is 8.91. The molecule has 0 saturated carbocycles. The van der Waals surface area contributed by atoms with Crippen molar-refractivity contribution in [3.63, 3.8) is 0 Å². The molecule has 2 aromatic heterocycles. The van der Waals surface area contributed by atoms with E-state index in [-0.39, 0.29) is 31.3 Å². The first-order valence-corrected chi connectivity index (χ1v) is 12.2. The van der Waals surface area contributed by atoms with Gasteiger partial charge in [0.25, 0.3) is 5.91 Å². The van der Waals surface area contributed by atoms with Crippen molar-refractivity contribution >= 4 is 46.6 Å². The summed E-state index contributed by atoms with van der Waals surface area (Å²) >= 11 is 1.30. The number of pyridine rings is 1. The van der Waals surface area contributed by atoms with Crippen molar-refractivity contribution in [2.24, 2.45) is 10.7 Å². The number of halogens is 1. The smallest absolute Gasteiger partial charge is 0.275 e. The summed E-state index contributed by atoms with van der Waals surface area (Å²) in [6.45, 7) is 0.286. The van der Waals surface area contributed by atoms with Crippen molar-refractivity contribution in [1.82, 2.24) is 9.97 Å². The minimum absolute atomic E-state index is 0.187. The number of benzene rings is 2. The summed E-state index contributed by atoms with van der Waals surface area (Å²) in [4.78, 5) is 36.6. The Hall–Kier alpha value is -4.68. The standard InChI is InChI=1S/C26H24FN7O3S/c27-18-3-1-15(2-4-18)19-11-20(28)17(12-31-7-8-37-13-24(30)35)9-21(19)33-25(36)22-14-38-26(34-22)16-5-6-32-23(29)10-16/h1-6,9-12,14H,7-8,13,28H2,(H2,29,32)(H2,30,35)(H,33,36). The van der Waals surface area contributed by atoms with Gasteiger partial charge in [0.05, 0.1) is 13.2 Å². The highest BCUT2D eigenvalue weighted by Gasteiger charge is 2.16. The largest absolute Gasteiger partial charge is 0.398 e. The minimum atomic E-state index is -0.563. The number of thiazole rings is 1. The zero-order chi connectivity index (χ0) is 27.1. The molecule has 0 atom stereocenters. The number of aromatic nitrogens is 2. The van der Waals surface area contributed by atoms with Gasteiger partial charge in [0.2, 0.25) is 5.91 Å². The molecule has 2 aromatic carbocycles. The molecule has 0 aliphatic carbocycles. The highest BCUT2D eigenvalue weighted by atomic mass is 32.1. The molecule has 12 heteroatoms. The van der Waals surface area contributed by atoms with Crippen molar-refractivity contribution in [3.05, 3.63) is 77.2 Å². The van der Waals surface area contributed by atoms with Crippen LogP contribution in [0.3, 0.4) is 0 Å². The molecular formula is C26H24FN7O3S. The topological polar surface area (TPSA) is 172 Å². The van der Waals surface area contributed by atoms with Gasteiger partial charge in [-0.25, -0.2) is 14.4 Å². The number of primary amides is 1. The molecule has 0 aliphatic rings. The fraction of sp³-hybridized carbons (Fsp3) is 0.115. The van der Waals surface area contributed by atoms with Crippen LogP contribution in [-0.2, 0) is 9.53 Å². The van der Waals surface area contributed by atoms with Crippen LogP contribution in [0, 0.1) is 5.82 Å². The number of rotatable bonds is 10. The number of nitrogens with one attached hydrogen (secondary N) is 1. The Morgan fingerprint density at radius 3 is 2.63 bits per heavy atom. The Labute approximate surface area is 221 Å². The van der Waals surface area contributed by atoms with Gasteiger partial charge >= 0.3 is 0 Å². The number of amides is 2. The van der Waals surface area contributed by atoms with Gasteiger partial charge in [-0.15, -0.1) is 11.3 Å². The highest BCUT2D eigenvalue weighted by Crippen LogP contribution is 2.33. The number of carbonyl (C=O) groups is 2. The van der Waals surface area contributed by atoms with E-state index in [1.165, 1.54) is 23.5 Å². The number of nitrogens with zero attached hydrogens (tertiary/aromatic N) is 3. The van der Waals surface area contributed by atoms with E-state index in [1.54, 1.807) is 54.2 Å². The van der Waals surface area contributed by atoms with Crippen LogP contribution in [0.15, 0.2) is 65.1 Å². The average molecular weight is 534 g/mol. The molecule has 0 unspecified atom stereocenters. The van der Waals surface area contributed by atoms with Crippen LogP contribution in [0.4, 0.5) is 21.6 Å². The fourth-order valence-electron chi connectivity index (χ4n) is 3.45. The van der Waals surface area contributed by atoms with Crippen LogP contribution < -0.4 is 22.5 Å². The average Bonchev–Trinajstić information content (AvgIpc) is 3.39. The summed E-state index contributed by atoms with van der Waals surface area (Å²) in [6, 6.07) is 12.6. The zero-order valence-corrected chi connectivity index (χ0v) is 20.9. The van der Waals surface area contributed by atoms with Crippen molar-refractivity contribution in [2.75, 3.05) is 36.5 Å². The summed E-state index contributed by atoms with van der Waals surface area (Å²) in [5.41, 5.74) is 20.7. The lowest BCUT2D eigenvalue weighted by Gasteiger charge is -2.14. The summed E-state index contributed by atoms with van der Waals surface area (Å²) < 4.78 is 18.6. The number of nitrogens with two attached hydrogens (primary N) is 3. The number of hydrogen-bond donors (Lipinski definition) is 4. The second kappa shape index (κ2) is 12.0. The van der Waals surface area contributed by atoms with Gasteiger partial charge < -0.3 is 27.3 Å². The van der Waals surface area contributed by atoms with Crippen LogP contribution in [0.2, 0.25) is 0 Å². The van der Waals surface area contributed by atoms with Gasteiger partial charge in [-0.3, -0.25) is 14.6 Å². The Bertz CT molecular complexity index is 1490. The Kier molecular flexibility index (Phi) is 8.36. The van der Waals surface area contributed by atoms with Crippen molar-refractivity contribution in [1.29, 1.82) is 0 Å². The SMILES string of the molecule is NC(=O)COCCN=Cc1cc(NC(=O)c2csc(-c3ccnc(N)c3)n2)c(-c2ccc(F)cc2)cc1N. The van der Waals surface area contributed by atoms with E-state index in [4.69, 9.17) is 21.9 Å². The predicted octanol–water partition coefficient (Wildman–Crippen LogP) is 3.35. The maximum atomic E-state index is 13.6. The van der Waals surface area contributed by atoms with Gasteiger partial charge in [-0.1, -0.05) is 12.1 Å². The first kappa shape index (κ1) is 26.4. The summed E-state index contributed by atoms with van der Waals surface area (Å²) in [6.07, 6.45) is 3.12. The van der Waals surface area contributed by atoms with Crippen LogP contribution in [-0.4, -0.2) is 47.8 Å².